The summed E-state index contributed by atoms with van der Waals surface area (Å²) in [6.07, 6.45) is 0.735. The van der Waals surface area contributed by atoms with E-state index in [1.165, 1.54) is 0 Å². The molecule has 0 atom stereocenters. The van der Waals surface area contributed by atoms with E-state index in [0.717, 1.165) is 6.29 Å². The van der Waals surface area contributed by atoms with Crippen molar-refractivity contribution < 1.29 is 4.79 Å². The van der Waals surface area contributed by atoms with Gasteiger partial charge in [0.1, 0.15) is 5.82 Å². The quantitative estimate of drug-likeness (QED) is 0.638. The number of rotatable bonds is 3. The van der Waals surface area contributed by atoms with Gasteiger partial charge >= 0.3 is 0 Å². The van der Waals surface area contributed by atoms with Gasteiger partial charge in [0.05, 0.1) is 5.69 Å². The molecule has 0 aliphatic rings. The van der Waals surface area contributed by atoms with E-state index in [1.807, 2.05) is 13.8 Å². The third-order valence-corrected chi connectivity index (χ3v) is 1.16. The number of nitrogens with zero attached hydrogens (tertiary/aromatic N) is 1. The molecule has 0 radical (unpaired) electrons. The van der Waals surface area contributed by atoms with E-state index in [2.05, 4.69) is 15.5 Å². The summed E-state index contributed by atoms with van der Waals surface area (Å²) in [7, 11) is 0. The van der Waals surface area contributed by atoms with Gasteiger partial charge in [-0.2, -0.15) is 5.10 Å². The van der Waals surface area contributed by atoms with E-state index in [-0.39, 0.29) is 0 Å². The zero-order chi connectivity index (χ0) is 8.27. The largest absolute Gasteiger partial charge is 0.366 e. The van der Waals surface area contributed by atoms with Crippen LogP contribution in [0.1, 0.15) is 24.3 Å². The first kappa shape index (κ1) is 7.78. The number of hydrogen-bond donors (Lipinski definition) is 2. The second-order valence-electron chi connectivity index (χ2n) is 2.63. The lowest BCUT2D eigenvalue weighted by molar-refractivity contribution is 0.111. The maximum absolute atomic E-state index is 10.2. The SMILES string of the molecule is CC(C)Nc1cc(C=O)[nH]n1. The highest BCUT2D eigenvalue weighted by molar-refractivity contribution is 5.73. The van der Waals surface area contributed by atoms with Gasteiger partial charge in [-0.25, -0.2) is 0 Å². The Balaban J connectivity index is 2.65. The maximum atomic E-state index is 10.2. The van der Waals surface area contributed by atoms with Crippen molar-refractivity contribution >= 4 is 12.1 Å². The van der Waals surface area contributed by atoms with Crippen LogP contribution < -0.4 is 5.32 Å². The van der Waals surface area contributed by atoms with Crippen LogP contribution in [0.2, 0.25) is 0 Å². The van der Waals surface area contributed by atoms with Gasteiger partial charge in [0.15, 0.2) is 6.29 Å². The van der Waals surface area contributed by atoms with Gasteiger partial charge in [-0.05, 0) is 13.8 Å². The lowest BCUT2D eigenvalue weighted by Gasteiger charge is -2.03. The molecule has 2 N–H and O–H groups in total. The highest BCUT2D eigenvalue weighted by Crippen LogP contribution is 2.04. The summed E-state index contributed by atoms with van der Waals surface area (Å²) in [6.45, 7) is 4.02. The van der Waals surface area contributed by atoms with Gasteiger partial charge in [-0.1, -0.05) is 0 Å². The Morgan fingerprint density at radius 3 is 2.91 bits per heavy atom. The highest BCUT2D eigenvalue weighted by Gasteiger charge is 1.99. The predicted molar refractivity (Wildman–Crippen MR) is 42.7 cm³/mol. The Morgan fingerprint density at radius 2 is 2.45 bits per heavy atom. The van der Waals surface area contributed by atoms with E-state index in [9.17, 15) is 4.79 Å². The van der Waals surface area contributed by atoms with Crippen molar-refractivity contribution in [3.05, 3.63) is 11.8 Å². The second kappa shape index (κ2) is 3.18. The number of H-pyrrole nitrogens is 1. The smallest absolute Gasteiger partial charge is 0.167 e. The molecule has 0 aromatic carbocycles. The summed E-state index contributed by atoms with van der Waals surface area (Å²) in [6, 6.07) is 2.00. The first-order valence-electron chi connectivity index (χ1n) is 3.49. The molecule has 4 heteroatoms. The van der Waals surface area contributed by atoms with E-state index >= 15 is 0 Å². The van der Waals surface area contributed by atoms with Crippen LogP contribution in [-0.4, -0.2) is 22.5 Å². The van der Waals surface area contributed by atoms with Gasteiger partial charge in [-0.15, -0.1) is 0 Å². The first-order valence-corrected chi connectivity index (χ1v) is 3.49. The van der Waals surface area contributed by atoms with Gasteiger partial charge in [0.2, 0.25) is 0 Å². The first-order chi connectivity index (χ1) is 5.22. The number of aromatic nitrogens is 2. The fraction of sp³-hybridized carbons (Fsp3) is 0.429. The number of nitrogens with one attached hydrogen (secondary N) is 2. The molecule has 0 unspecified atom stereocenters. The summed E-state index contributed by atoms with van der Waals surface area (Å²) >= 11 is 0. The normalized spacial score (nSPS) is 10.1. The molecule has 11 heavy (non-hydrogen) atoms. The lowest BCUT2D eigenvalue weighted by atomic mass is 10.4. The zero-order valence-electron chi connectivity index (χ0n) is 6.59. The van der Waals surface area contributed by atoms with Crippen molar-refractivity contribution in [3.63, 3.8) is 0 Å². The average molecular weight is 153 g/mol. The highest BCUT2D eigenvalue weighted by atomic mass is 16.1. The van der Waals surface area contributed by atoms with Crippen LogP contribution in [0.5, 0.6) is 0 Å². The van der Waals surface area contributed by atoms with Gasteiger partial charge in [-0.3, -0.25) is 9.89 Å². The maximum Gasteiger partial charge on any atom is 0.167 e. The van der Waals surface area contributed by atoms with Crippen molar-refractivity contribution in [2.45, 2.75) is 19.9 Å². The molecule has 1 aromatic rings. The number of carbonyl (C=O) groups is 1. The second-order valence-corrected chi connectivity index (χ2v) is 2.63. The molecule has 4 nitrogen and oxygen atoms in total. The molecule has 0 aliphatic heterocycles. The van der Waals surface area contributed by atoms with Crippen LogP contribution in [0.25, 0.3) is 0 Å². The van der Waals surface area contributed by atoms with E-state index in [1.54, 1.807) is 6.07 Å². The minimum atomic E-state index is 0.331. The van der Waals surface area contributed by atoms with Crippen molar-refractivity contribution in [1.29, 1.82) is 0 Å². The van der Waals surface area contributed by atoms with Crippen LogP contribution in [0, 0.1) is 0 Å². The molecule has 0 bridgehead atoms. The third-order valence-electron chi connectivity index (χ3n) is 1.16. The van der Waals surface area contributed by atoms with Gasteiger partial charge in [0, 0.05) is 12.1 Å². The van der Waals surface area contributed by atoms with Crippen molar-refractivity contribution in [2.24, 2.45) is 0 Å². The van der Waals surface area contributed by atoms with E-state index < -0.39 is 0 Å². The molecule has 1 rings (SSSR count). The zero-order valence-corrected chi connectivity index (χ0v) is 6.59. The molecular formula is C7H11N3O. The minimum absolute atomic E-state index is 0.331. The van der Waals surface area contributed by atoms with Gasteiger partial charge < -0.3 is 5.32 Å². The summed E-state index contributed by atoms with van der Waals surface area (Å²) in [4.78, 5) is 10.2. The Morgan fingerprint density at radius 1 is 1.73 bits per heavy atom. The topological polar surface area (TPSA) is 57.8 Å². The van der Waals surface area contributed by atoms with Crippen molar-refractivity contribution in [3.8, 4) is 0 Å². The monoisotopic (exact) mass is 153 g/mol. The van der Waals surface area contributed by atoms with Crippen LogP contribution in [0.3, 0.4) is 0 Å². The van der Waals surface area contributed by atoms with E-state index in [4.69, 9.17) is 0 Å². The standard InChI is InChI=1S/C7H11N3O/c1-5(2)8-7-3-6(4-11)9-10-7/h3-5H,1-2H3,(H2,8,9,10). The number of carbonyl (C=O) groups excluding carboxylic acids is 1. The number of hydrogen-bond acceptors (Lipinski definition) is 3. The predicted octanol–water partition coefficient (Wildman–Crippen LogP) is 1.04. The summed E-state index contributed by atoms with van der Waals surface area (Å²) in [5.74, 6) is 0.710. The van der Waals surface area contributed by atoms with Crippen molar-refractivity contribution in [1.82, 2.24) is 10.2 Å². The Kier molecular flexibility index (Phi) is 2.25. The number of anilines is 1. The summed E-state index contributed by atoms with van der Waals surface area (Å²) < 4.78 is 0. The minimum Gasteiger partial charge on any atom is -0.366 e. The molecule has 1 aromatic heterocycles. The molecule has 0 fully saturated rings. The Labute approximate surface area is 65.0 Å². The third kappa shape index (κ3) is 2.07. The van der Waals surface area contributed by atoms with Crippen LogP contribution in [0.15, 0.2) is 6.07 Å². The molecule has 60 valence electrons. The van der Waals surface area contributed by atoms with Gasteiger partial charge in [0.25, 0.3) is 0 Å². The van der Waals surface area contributed by atoms with Crippen molar-refractivity contribution in [2.75, 3.05) is 5.32 Å². The summed E-state index contributed by atoms with van der Waals surface area (Å²) in [5.41, 5.74) is 0.494. The summed E-state index contributed by atoms with van der Waals surface area (Å²) in [5, 5.41) is 9.50. The lowest BCUT2D eigenvalue weighted by Crippen LogP contribution is -2.09. The molecule has 1 heterocycles. The van der Waals surface area contributed by atoms with Crippen LogP contribution >= 0.6 is 0 Å². The molecule has 0 spiro atoms. The fourth-order valence-electron chi connectivity index (χ4n) is 0.767. The molecule has 0 saturated carbocycles. The fourth-order valence-corrected chi connectivity index (χ4v) is 0.767. The van der Waals surface area contributed by atoms with Crippen LogP contribution in [0.4, 0.5) is 5.82 Å². The molecule has 0 amide bonds. The van der Waals surface area contributed by atoms with E-state index in [0.29, 0.717) is 17.6 Å². The number of aldehydes is 1. The molecule has 0 saturated heterocycles. The number of aromatic amines is 1. The average Bonchev–Trinajstić information content (AvgIpc) is 2.34. The van der Waals surface area contributed by atoms with Crippen LogP contribution in [-0.2, 0) is 0 Å². The Bertz CT molecular complexity index is 242. The Hall–Kier alpha value is -1.32. The molecular weight excluding hydrogens is 142 g/mol. The molecule has 0 aliphatic carbocycles.